The third kappa shape index (κ3) is 2.69. The molecule has 1 aromatic rings. The highest BCUT2D eigenvalue weighted by Crippen LogP contribution is 2.21. The molecule has 6 heteroatoms. The zero-order chi connectivity index (χ0) is 14.7. The number of carboxylic acids is 1. The van der Waals surface area contributed by atoms with E-state index in [1.165, 1.54) is 4.90 Å². The van der Waals surface area contributed by atoms with Crippen LogP contribution in [0.25, 0.3) is 0 Å². The average Bonchev–Trinajstić information content (AvgIpc) is 3.08. The smallest absolute Gasteiger partial charge is 0.326 e. The van der Waals surface area contributed by atoms with Gasteiger partial charge in [-0.05, 0) is 31.7 Å². The van der Waals surface area contributed by atoms with Crippen molar-refractivity contribution in [3.8, 4) is 0 Å². The number of carboxylic acid groups (broad SMARTS) is 1. The Morgan fingerprint density at radius 3 is 2.75 bits per heavy atom. The van der Waals surface area contributed by atoms with Gasteiger partial charge in [0.2, 0.25) is 0 Å². The summed E-state index contributed by atoms with van der Waals surface area (Å²) in [6.07, 6.45) is 4.96. The van der Waals surface area contributed by atoms with Crippen LogP contribution in [0, 0.1) is 0 Å². The van der Waals surface area contributed by atoms with E-state index in [4.69, 9.17) is 5.11 Å². The van der Waals surface area contributed by atoms with E-state index in [1.54, 1.807) is 16.9 Å². The Morgan fingerprint density at radius 1 is 1.45 bits per heavy atom. The van der Waals surface area contributed by atoms with Crippen LogP contribution < -0.4 is 0 Å². The van der Waals surface area contributed by atoms with Crippen LogP contribution in [0.3, 0.4) is 0 Å². The number of aliphatic carboxylic acids is 1. The predicted octanol–water partition coefficient (Wildman–Crippen LogP) is 1.93. The van der Waals surface area contributed by atoms with Gasteiger partial charge < -0.3 is 10.0 Å². The molecule has 0 bridgehead atoms. The lowest BCUT2D eigenvalue weighted by molar-refractivity contribution is -0.141. The third-order valence-corrected chi connectivity index (χ3v) is 3.94. The van der Waals surface area contributed by atoms with Gasteiger partial charge in [0.1, 0.15) is 11.7 Å². The highest BCUT2D eigenvalue weighted by atomic mass is 16.4. The summed E-state index contributed by atoms with van der Waals surface area (Å²) in [5, 5.41) is 13.5. The van der Waals surface area contributed by atoms with E-state index in [0.29, 0.717) is 18.7 Å². The Morgan fingerprint density at radius 2 is 2.15 bits per heavy atom. The second-order valence-electron chi connectivity index (χ2n) is 5.15. The second-order valence-corrected chi connectivity index (χ2v) is 5.15. The van der Waals surface area contributed by atoms with E-state index < -0.39 is 12.0 Å². The van der Waals surface area contributed by atoms with Gasteiger partial charge in [0, 0.05) is 12.7 Å². The molecule has 1 atom stereocenters. The summed E-state index contributed by atoms with van der Waals surface area (Å²) in [5.41, 5.74) is 0.338. The van der Waals surface area contributed by atoms with Gasteiger partial charge in [-0.2, -0.15) is 5.10 Å². The molecule has 2 heterocycles. The molecular weight excluding hydrogens is 258 g/mol. The quantitative estimate of drug-likeness (QED) is 0.893. The van der Waals surface area contributed by atoms with Crippen LogP contribution in [0.2, 0.25) is 0 Å². The highest BCUT2D eigenvalue weighted by molar-refractivity contribution is 5.95. The lowest BCUT2D eigenvalue weighted by Gasteiger charge is -2.20. The van der Waals surface area contributed by atoms with Gasteiger partial charge >= 0.3 is 5.97 Å². The summed E-state index contributed by atoms with van der Waals surface area (Å²) in [5.74, 6) is -1.21. The minimum atomic E-state index is -0.935. The Bertz CT molecular complexity index is 494. The fourth-order valence-electron chi connectivity index (χ4n) is 2.73. The first-order valence-electron chi connectivity index (χ1n) is 7.17. The van der Waals surface area contributed by atoms with Crippen molar-refractivity contribution >= 4 is 11.9 Å². The van der Waals surface area contributed by atoms with E-state index in [9.17, 15) is 9.59 Å². The lowest BCUT2D eigenvalue weighted by Crippen LogP contribution is -2.40. The van der Waals surface area contributed by atoms with E-state index in [2.05, 4.69) is 18.9 Å². The van der Waals surface area contributed by atoms with Gasteiger partial charge in [-0.25, -0.2) is 4.79 Å². The van der Waals surface area contributed by atoms with Gasteiger partial charge in [-0.15, -0.1) is 0 Å². The summed E-state index contributed by atoms with van der Waals surface area (Å²) in [6.45, 7) is 4.66. The number of nitrogens with zero attached hydrogens (tertiary/aromatic N) is 3. The zero-order valence-corrected chi connectivity index (χ0v) is 12.0. The molecule has 6 nitrogen and oxygen atoms in total. The van der Waals surface area contributed by atoms with Crippen molar-refractivity contribution in [3.05, 3.63) is 18.0 Å². The van der Waals surface area contributed by atoms with E-state index >= 15 is 0 Å². The first-order valence-corrected chi connectivity index (χ1v) is 7.17. The van der Waals surface area contributed by atoms with Crippen LogP contribution in [0.1, 0.15) is 56.1 Å². The highest BCUT2D eigenvalue weighted by Gasteiger charge is 2.35. The van der Waals surface area contributed by atoms with Gasteiger partial charge in [-0.1, -0.05) is 13.8 Å². The fourth-order valence-corrected chi connectivity index (χ4v) is 2.73. The summed E-state index contributed by atoms with van der Waals surface area (Å²) < 4.78 is 1.80. The van der Waals surface area contributed by atoms with Crippen LogP contribution in [0.5, 0.6) is 0 Å². The second kappa shape index (κ2) is 6.07. The maximum Gasteiger partial charge on any atom is 0.326 e. The topological polar surface area (TPSA) is 75.4 Å². The number of likely N-dealkylation sites (tertiary alicyclic amines) is 1. The van der Waals surface area contributed by atoms with Crippen molar-refractivity contribution in [3.63, 3.8) is 0 Å². The van der Waals surface area contributed by atoms with Crippen LogP contribution in [-0.2, 0) is 4.79 Å². The first kappa shape index (κ1) is 14.6. The van der Waals surface area contributed by atoms with E-state index in [0.717, 1.165) is 19.3 Å². The molecule has 1 amide bonds. The van der Waals surface area contributed by atoms with Crippen LogP contribution in [0.4, 0.5) is 0 Å². The molecule has 1 aliphatic heterocycles. The number of rotatable bonds is 5. The molecule has 1 saturated heterocycles. The minimum absolute atomic E-state index is 0.278. The molecule has 2 rings (SSSR count). The molecule has 0 spiro atoms. The van der Waals surface area contributed by atoms with Gasteiger partial charge in [0.15, 0.2) is 0 Å². The SMILES string of the molecule is CCC(CC)n1ccc(C(=O)N2CCCC2C(=O)O)n1. The van der Waals surface area contributed by atoms with Crippen LogP contribution in [-0.4, -0.2) is 44.3 Å². The number of aromatic nitrogens is 2. The Labute approximate surface area is 118 Å². The molecule has 20 heavy (non-hydrogen) atoms. The number of amides is 1. The van der Waals surface area contributed by atoms with Crippen molar-refractivity contribution in [2.24, 2.45) is 0 Å². The van der Waals surface area contributed by atoms with Crippen molar-refractivity contribution in [2.45, 2.75) is 51.6 Å². The molecular formula is C14H21N3O3. The maximum absolute atomic E-state index is 12.4. The lowest BCUT2D eigenvalue weighted by atomic mass is 10.2. The largest absolute Gasteiger partial charge is 0.480 e. The molecule has 0 aromatic carbocycles. The molecule has 1 aliphatic rings. The van der Waals surface area contributed by atoms with Crippen molar-refractivity contribution in [2.75, 3.05) is 6.54 Å². The van der Waals surface area contributed by atoms with Gasteiger partial charge in [-0.3, -0.25) is 9.48 Å². The normalized spacial score (nSPS) is 18.8. The molecule has 0 radical (unpaired) electrons. The number of hydrogen-bond donors (Lipinski definition) is 1. The Hall–Kier alpha value is -1.85. The Balaban J connectivity index is 2.15. The zero-order valence-electron chi connectivity index (χ0n) is 12.0. The van der Waals surface area contributed by atoms with Crippen molar-refractivity contribution in [1.29, 1.82) is 0 Å². The van der Waals surface area contributed by atoms with Gasteiger partial charge in [0.05, 0.1) is 6.04 Å². The summed E-state index contributed by atoms with van der Waals surface area (Å²) in [4.78, 5) is 24.9. The Kier molecular flexibility index (Phi) is 4.42. The molecule has 1 fully saturated rings. The van der Waals surface area contributed by atoms with E-state index in [1.807, 2.05) is 0 Å². The van der Waals surface area contributed by atoms with Crippen molar-refractivity contribution < 1.29 is 14.7 Å². The average molecular weight is 279 g/mol. The molecule has 1 N–H and O–H groups in total. The molecule has 0 saturated carbocycles. The maximum atomic E-state index is 12.4. The van der Waals surface area contributed by atoms with Crippen molar-refractivity contribution in [1.82, 2.24) is 14.7 Å². The van der Waals surface area contributed by atoms with Crippen LogP contribution in [0.15, 0.2) is 12.3 Å². The predicted molar refractivity (Wildman–Crippen MR) is 73.5 cm³/mol. The molecule has 110 valence electrons. The summed E-state index contributed by atoms with van der Waals surface area (Å²) in [7, 11) is 0. The fraction of sp³-hybridized carbons (Fsp3) is 0.643. The standard InChI is InChI=1S/C14H21N3O3/c1-3-10(4-2)17-9-7-11(15-17)13(18)16-8-5-6-12(16)14(19)20/h7,9-10,12H,3-6,8H2,1-2H3,(H,19,20). The number of carbonyl (C=O) groups excluding carboxylic acids is 1. The van der Waals surface area contributed by atoms with E-state index in [-0.39, 0.29) is 11.9 Å². The van der Waals surface area contributed by atoms with Crippen LogP contribution >= 0.6 is 0 Å². The molecule has 0 aliphatic carbocycles. The first-order chi connectivity index (χ1) is 9.58. The third-order valence-electron chi connectivity index (χ3n) is 3.94. The summed E-state index contributed by atoms with van der Waals surface area (Å²) in [6, 6.07) is 1.25. The minimum Gasteiger partial charge on any atom is -0.480 e. The number of hydrogen-bond acceptors (Lipinski definition) is 3. The monoisotopic (exact) mass is 279 g/mol. The molecule has 1 unspecified atom stereocenters. The number of carbonyl (C=O) groups is 2. The summed E-state index contributed by atoms with van der Waals surface area (Å²) >= 11 is 0. The molecule has 1 aromatic heterocycles. The van der Waals surface area contributed by atoms with Gasteiger partial charge in [0.25, 0.3) is 5.91 Å².